The summed E-state index contributed by atoms with van der Waals surface area (Å²) in [5.41, 5.74) is 0.866. The smallest absolute Gasteiger partial charge is 0.310 e. The van der Waals surface area contributed by atoms with Crippen molar-refractivity contribution in [3.8, 4) is 11.5 Å². The molecule has 12 heteroatoms. The highest BCUT2D eigenvalue weighted by Crippen LogP contribution is 2.29. The molecule has 4 rings (SSSR count). The summed E-state index contributed by atoms with van der Waals surface area (Å²) in [6.07, 6.45) is 1.05. The number of benzene rings is 1. The molecule has 0 saturated carbocycles. The van der Waals surface area contributed by atoms with Gasteiger partial charge in [0.05, 0.1) is 16.5 Å². The van der Waals surface area contributed by atoms with E-state index in [0.717, 1.165) is 0 Å². The highest BCUT2D eigenvalue weighted by atomic mass is 35.5. The molecule has 1 aromatic carbocycles. The summed E-state index contributed by atoms with van der Waals surface area (Å²) in [4.78, 5) is 16.9. The van der Waals surface area contributed by atoms with Gasteiger partial charge < -0.3 is 13.8 Å². The lowest BCUT2D eigenvalue weighted by Crippen LogP contribution is -2.43. The number of piperidine rings is 1. The van der Waals surface area contributed by atoms with Gasteiger partial charge in [0.25, 0.3) is 5.89 Å². The van der Waals surface area contributed by atoms with Crippen molar-refractivity contribution in [2.45, 2.75) is 38.2 Å². The molecule has 0 radical (unpaired) electrons. The van der Waals surface area contributed by atoms with Crippen LogP contribution in [-0.2, 0) is 26.2 Å². The molecule has 1 aliphatic rings. The third kappa shape index (κ3) is 4.41. The average molecular weight is 481 g/mol. The molecule has 0 N–H and O–H groups in total. The Morgan fingerprint density at radius 3 is 2.75 bits per heavy atom. The van der Waals surface area contributed by atoms with Crippen molar-refractivity contribution in [3.05, 3.63) is 46.6 Å². The summed E-state index contributed by atoms with van der Waals surface area (Å²) < 4.78 is 42.9. The van der Waals surface area contributed by atoms with Crippen LogP contribution in [0.15, 0.2) is 38.2 Å². The zero-order valence-electron chi connectivity index (χ0n) is 17.4. The molecule has 3 aromatic rings. The normalized spacial score (nSPS) is 17.4. The second-order valence-electron chi connectivity index (χ2n) is 7.46. The molecule has 0 aliphatic carbocycles. The summed E-state index contributed by atoms with van der Waals surface area (Å²) in [6, 6.07) is 7.01. The molecule has 1 saturated heterocycles. The second kappa shape index (κ2) is 9.00. The lowest BCUT2D eigenvalue weighted by atomic mass is 10.0. The Labute approximate surface area is 189 Å². The molecule has 170 valence electrons. The van der Waals surface area contributed by atoms with Crippen LogP contribution >= 0.6 is 11.6 Å². The molecular formula is C20H21ClN4O6S. The number of carbonyl (C=O) groups is 1. The third-order valence-corrected chi connectivity index (χ3v) is 7.64. The molecule has 1 fully saturated rings. The van der Waals surface area contributed by atoms with Crippen molar-refractivity contribution in [3.63, 3.8) is 0 Å². The number of hydrogen-bond donors (Lipinski definition) is 0. The maximum absolute atomic E-state index is 13.0. The fraction of sp³-hybridized carbons (Fsp3) is 0.400. The third-order valence-electron chi connectivity index (χ3n) is 5.20. The number of carbonyl (C=O) groups excluding carboxylic acids is 1. The van der Waals surface area contributed by atoms with Gasteiger partial charge in [-0.2, -0.15) is 9.29 Å². The van der Waals surface area contributed by atoms with Gasteiger partial charge in [0.15, 0.2) is 12.4 Å². The second-order valence-corrected chi connectivity index (χ2v) is 9.74. The Hall–Kier alpha value is -2.76. The maximum Gasteiger partial charge on any atom is 0.310 e. The van der Waals surface area contributed by atoms with E-state index < -0.39 is 21.9 Å². The summed E-state index contributed by atoms with van der Waals surface area (Å²) in [7, 11) is -3.83. The summed E-state index contributed by atoms with van der Waals surface area (Å²) in [5, 5.41) is 7.99. The van der Waals surface area contributed by atoms with E-state index in [-0.39, 0.29) is 35.5 Å². The highest BCUT2D eigenvalue weighted by molar-refractivity contribution is 7.89. The Balaban J connectivity index is 1.40. The van der Waals surface area contributed by atoms with Gasteiger partial charge in [0.2, 0.25) is 15.8 Å². The lowest BCUT2D eigenvalue weighted by Gasteiger charge is -2.30. The van der Waals surface area contributed by atoms with Crippen LogP contribution in [0.4, 0.5) is 0 Å². The predicted molar refractivity (Wildman–Crippen MR) is 112 cm³/mol. The lowest BCUT2D eigenvalue weighted by molar-refractivity contribution is -0.151. The minimum Gasteiger partial charge on any atom is -0.457 e. The van der Waals surface area contributed by atoms with Gasteiger partial charge in [-0.25, -0.2) is 8.42 Å². The Bertz CT molecular complexity index is 1220. The Morgan fingerprint density at radius 2 is 2.03 bits per heavy atom. The van der Waals surface area contributed by atoms with Crippen molar-refractivity contribution in [1.29, 1.82) is 0 Å². The molecule has 3 heterocycles. The number of sulfonamides is 1. The van der Waals surface area contributed by atoms with Gasteiger partial charge in [0, 0.05) is 13.1 Å². The van der Waals surface area contributed by atoms with Crippen LogP contribution in [0.2, 0.25) is 5.02 Å². The molecule has 0 amide bonds. The van der Waals surface area contributed by atoms with Crippen molar-refractivity contribution in [2.24, 2.45) is 5.92 Å². The van der Waals surface area contributed by atoms with E-state index in [9.17, 15) is 13.2 Å². The zero-order valence-corrected chi connectivity index (χ0v) is 19.0. The first-order valence-corrected chi connectivity index (χ1v) is 11.8. The average Bonchev–Trinajstić information content (AvgIpc) is 3.38. The minimum atomic E-state index is -3.83. The van der Waals surface area contributed by atoms with Gasteiger partial charge in [-0.15, -0.1) is 0 Å². The largest absolute Gasteiger partial charge is 0.457 e. The predicted octanol–water partition coefficient (Wildman–Crippen LogP) is 3.14. The van der Waals surface area contributed by atoms with E-state index in [0.29, 0.717) is 35.7 Å². The van der Waals surface area contributed by atoms with E-state index in [1.165, 1.54) is 4.31 Å². The van der Waals surface area contributed by atoms with Crippen LogP contribution in [-0.4, -0.2) is 47.1 Å². The van der Waals surface area contributed by atoms with E-state index >= 15 is 0 Å². The van der Waals surface area contributed by atoms with Crippen LogP contribution < -0.4 is 0 Å². The molecule has 1 atom stereocenters. The number of ether oxygens (including phenoxy) is 1. The van der Waals surface area contributed by atoms with Crippen LogP contribution in [0, 0.1) is 19.8 Å². The molecule has 2 aromatic heterocycles. The quantitative estimate of drug-likeness (QED) is 0.488. The zero-order chi connectivity index (χ0) is 22.9. The molecule has 0 spiro atoms. The van der Waals surface area contributed by atoms with E-state index in [2.05, 4.69) is 15.3 Å². The van der Waals surface area contributed by atoms with Crippen LogP contribution in [0.25, 0.3) is 11.5 Å². The number of aromatic nitrogens is 3. The summed E-state index contributed by atoms with van der Waals surface area (Å²) >= 11 is 6.13. The van der Waals surface area contributed by atoms with Crippen molar-refractivity contribution >= 4 is 27.6 Å². The van der Waals surface area contributed by atoms with Gasteiger partial charge >= 0.3 is 5.97 Å². The Kier molecular flexibility index (Phi) is 6.31. The topological polar surface area (TPSA) is 129 Å². The van der Waals surface area contributed by atoms with Crippen LogP contribution in [0.5, 0.6) is 0 Å². The SMILES string of the molecule is Cc1noc(C)c1S(=O)(=O)N1CCCC(C(=O)OCc2noc(-c3ccccc3Cl)n2)C1. The number of hydrogen-bond acceptors (Lipinski definition) is 9. The minimum absolute atomic E-state index is 0.0162. The van der Waals surface area contributed by atoms with Crippen LogP contribution in [0.1, 0.15) is 30.1 Å². The first-order valence-electron chi connectivity index (χ1n) is 9.94. The molecular weight excluding hydrogens is 460 g/mol. The highest BCUT2D eigenvalue weighted by Gasteiger charge is 2.37. The van der Waals surface area contributed by atoms with Crippen molar-refractivity contribution < 1.29 is 27.0 Å². The monoisotopic (exact) mass is 480 g/mol. The van der Waals surface area contributed by atoms with Gasteiger partial charge in [0.1, 0.15) is 10.6 Å². The number of halogens is 1. The number of rotatable bonds is 6. The number of aryl methyl sites for hydroxylation is 2. The molecule has 0 bridgehead atoms. The van der Waals surface area contributed by atoms with E-state index in [1.54, 1.807) is 38.1 Å². The number of nitrogens with zero attached hydrogens (tertiary/aromatic N) is 4. The summed E-state index contributed by atoms with van der Waals surface area (Å²) in [5.74, 6) is -0.499. The summed E-state index contributed by atoms with van der Waals surface area (Å²) in [6.45, 7) is 3.25. The Morgan fingerprint density at radius 1 is 1.25 bits per heavy atom. The van der Waals surface area contributed by atoms with Crippen LogP contribution in [0.3, 0.4) is 0 Å². The van der Waals surface area contributed by atoms with Gasteiger partial charge in [-0.05, 0) is 38.8 Å². The molecule has 10 nitrogen and oxygen atoms in total. The van der Waals surface area contributed by atoms with Gasteiger partial charge in [-0.1, -0.05) is 34.0 Å². The van der Waals surface area contributed by atoms with Gasteiger partial charge in [-0.3, -0.25) is 4.79 Å². The molecule has 1 unspecified atom stereocenters. The first-order chi connectivity index (χ1) is 15.3. The number of esters is 1. The fourth-order valence-corrected chi connectivity index (χ4v) is 5.67. The fourth-order valence-electron chi connectivity index (χ4n) is 3.64. The van der Waals surface area contributed by atoms with E-state index in [1.807, 2.05) is 0 Å². The maximum atomic E-state index is 13.0. The first kappa shape index (κ1) is 22.4. The molecule has 32 heavy (non-hydrogen) atoms. The van der Waals surface area contributed by atoms with Crippen molar-refractivity contribution in [2.75, 3.05) is 13.1 Å². The van der Waals surface area contributed by atoms with E-state index in [4.69, 9.17) is 25.4 Å². The van der Waals surface area contributed by atoms with Crippen molar-refractivity contribution in [1.82, 2.24) is 19.6 Å². The molecule has 1 aliphatic heterocycles. The standard InChI is InChI=1S/C20H21ClN4O6S/c1-12-18(13(2)30-23-12)32(27,28)25-9-5-6-14(10-25)20(26)29-11-17-22-19(31-24-17)15-7-3-4-8-16(15)21/h3-4,7-8,14H,5-6,9-11H2,1-2H3.